The molecule has 0 spiro atoms. The molecule has 3 aliphatic rings. The molecule has 2 aliphatic heterocycles. The van der Waals surface area contributed by atoms with E-state index in [-0.39, 0.29) is 11.9 Å². The van der Waals surface area contributed by atoms with Gasteiger partial charge in [0, 0.05) is 31.2 Å². The number of carbonyl (C=O) groups excluding carboxylic acids is 1. The van der Waals surface area contributed by atoms with Crippen LogP contribution in [-0.2, 0) is 16.8 Å². The molecule has 1 saturated carbocycles. The summed E-state index contributed by atoms with van der Waals surface area (Å²) in [6.45, 7) is 3.96. The van der Waals surface area contributed by atoms with Gasteiger partial charge in [-0.1, -0.05) is 37.1 Å². The Bertz CT molecular complexity index is 978. The van der Waals surface area contributed by atoms with Crippen molar-refractivity contribution < 1.29 is 19.0 Å². The first-order chi connectivity index (χ1) is 16.2. The van der Waals surface area contributed by atoms with E-state index in [1.165, 1.54) is 5.56 Å². The molecule has 5 rings (SSSR count). The van der Waals surface area contributed by atoms with Gasteiger partial charge in [-0.25, -0.2) is 0 Å². The van der Waals surface area contributed by atoms with E-state index in [2.05, 4.69) is 28.4 Å². The summed E-state index contributed by atoms with van der Waals surface area (Å²) in [5, 5.41) is 3.42. The zero-order chi connectivity index (χ0) is 22.7. The minimum atomic E-state index is -0.454. The largest absolute Gasteiger partial charge is 0.496 e. The Kier molecular flexibility index (Phi) is 6.45. The maximum atomic E-state index is 13.6. The van der Waals surface area contributed by atoms with E-state index < -0.39 is 5.41 Å². The molecule has 0 radical (unpaired) electrons. The summed E-state index contributed by atoms with van der Waals surface area (Å²) in [5.41, 5.74) is 1.83. The third kappa shape index (κ3) is 4.54. The SMILES string of the molecule is COc1ccccc1CN1CCC(NC(=O)C2(c3ccc4c(c3)OCCO4)CCCC2)CC1. The van der Waals surface area contributed by atoms with Gasteiger partial charge in [-0.15, -0.1) is 0 Å². The van der Waals surface area contributed by atoms with E-state index >= 15 is 0 Å². The number of para-hydroxylation sites is 1. The van der Waals surface area contributed by atoms with Crippen LogP contribution in [0, 0.1) is 0 Å². The Morgan fingerprint density at radius 2 is 1.79 bits per heavy atom. The van der Waals surface area contributed by atoms with Gasteiger partial charge >= 0.3 is 0 Å². The van der Waals surface area contributed by atoms with Crippen molar-refractivity contribution in [2.24, 2.45) is 0 Å². The van der Waals surface area contributed by atoms with Crippen LogP contribution in [0.3, 0.4) is 0 Å². The van der Waals surface area contributed by atoms with E-state index in [4.69, 9.17) is 14.2 Å². The lowest BCUT2D eigenvalue weighted by Gasteiger charge is -2.36. The van der Waals surface area contributed by atoms with Gasteiger partial charge in [-0.2, -0.15) is 0 Å². The number of nitrogens with one attached hydrogen (secondary N) is 1. The Labute approximate surface area is 196 Å². The third-order valence-electron chi connectivity index (χ3n) is 7.50. The van der Waals surface area contributed by atoms with E-state index in [0.29, 0.717) is 13.2 Å². The fraction of sp³-hybridized carbons (Fsp3) is 0.519. The second-order valence-electron chi connectivity index (χ2n) is 9.48. The lowest BCUT2D eigenvalue weighted by Crippen LogP contribution is -2.50. The number of ether oxygens (including phenoxy) is 3. The lowest BCUT2D eigenvalue weighted by atomic mass is 9.77. The van der Waals surface area contributed by atoms with Crippen molar-refractivity contribution in [2.45, 2.75) is 56.5 Å². The van der Waals surface area contributed by atoms with Crippen molar-refractivity contribution >= 4 is 5.91 Å². The Morgan fingerprint density at radius 3 is 2.55 bits per heavy atom. The summed E-state index contributed by atoms with van der Waals surface area (Å²) in [6, 6.07) is 14.5. The van der Waals surface area contributed by atoms with Gasteiger partial charge < -0.3 is 19.5 Å². The van der Waals surface area contributed by atoms with Crippen LogP contribution in [0.1, 0.15) is 49.7 Å². The molecule has 1 amide bonds. The molecule has 2 aromatic rings. The number of piperidine rings is 1. The summed E-state index contributed by atoms with van der Waals surface area (Å²) >= 11 is 0. The van der Waals surface area contributed by atoms with Crippen molar-refractivity contribution in [2.75, 3.05) is 33.4 Å². The van der Waals surface area contributed by atoms with Crippen LogP contribution in [0.15, 0.2) is 42.5 Å². The number of likely N-dealkylation sites (tertiary alicyclic amines) is 1. The smallest absolute Gasteiger partial charge is 0.230 e. The molecule has 0 atom stereocenters. The second kappa shape index (κ2) is 9.64. The number of carbonyl (C=O) groups is 1. The highest BCUT2D eigenvalue weighted by molar-refractivity contribution is 5.89. The number of fused-ring (bicyclic) bond motifs is 1. The predicted octanol–water partition coefficient (Wildman–Crippen LogP) is 4.06. The van der Waals surface area contributed by atoms with Crippen molar-refractivity contribution in [3.63, 3.8) is 0 Å². The molecule has 1 aliphatic carbocycles. The minimum absolute atomic E-state index is 0.180. The Hall–Kier alpha value is -2.73. The van der Waals surface area contributed by atoms with E-state index in [0.717, 1.165) is 81.0 Å². The average molecular weight is 451 g/mol. The van der Waals surface area contributed by atoms with Crippen LogP contribution in [-0.4, -0.2) is 50.3 Å². The van der Waals surface area contributed by atoms with Crippen molar-refractivity contribution in [3.8, 4) is 17.2 Å². The van der Waals surface area contributed by atoms with E-state index in [9.17, 15) is 4.79 Å². The number of amides is 1. The highest BCUT2D eigenvalue weighted by Gasteiger charge is 2.44. The summed E-state index contributed by atoms with van der Waals surface area (Å²) in [5.74, 6) is 2.67. The number of hydrogen-bond donors (Lipinski definition) is 1. The molecule has 0 unspecified atom stereocenters. The zero-order valence-corrected chi connectivity index (χ0v) is 19.5. The molecule has 0 aromatic heterocycles. The molecule has 176 valence electrons. The number of methoxy groups -OCH3 is 1. The molecule has 6 heteroatoms. The number of benzene rings is 2. The number of nitrogens with zero attached hydrogens (tertiary/aromatic N) is 1. The molecule has 2 aromatic carbocycles. The molecule has 2 heterocycles. The van der Waals surface area contributed by atoms with Gasteiger partial charge in [-0.05, 0) is 49.4 Å². The van der Waals surface area contributed by atoms with Crippen LogP contribution in [0.4, 0.5) is 0 Å². The van der Waals surface area contributed by atoms with Crippen molar-refractivity contribution in [3.05, 3.63) is 53.6 Å². The Morgan fingerprint density at radius 1 is 1.06 bits per heavy atom. The van der Waals surface area contributed by atoms with Crippen LogP contribution in [0.2, 0.25) is 0 Å². The summed E-state index contributed by atoms with van der Waals surface area (Å²) in [7, 11) is 1.72. The van der Waals surface area contributed by atoms with Gasteiger partial charge in [0.15, 0.2) is 11.5 Å². The zero-order valence-electron chi connectivity index (χ0n) is 19.5. The number of hydrogen-bond acceptors (Lipinski definition) is 5. The molecule has 6 nitrogen and oxygen atoms in total. The fourth-order valence-electron chi connectivity index (χ4n) is 5.60. The molecule has 1 saturated heterocycles. The van der Waals surface area contributed by atoms with E-state index in [1.807, 2.05) is 24.3 Å². The predicted molar refractivity (Wildman–Crippen MR) is 127 cm³/mol. The summed E-state index contributed by atoms with van der Waals surface area (Å²) in [4.78, 5) is 16.1. The number of rotatable bonds is 6. The highest BCUT2D eigenvalue weighted by Crippen LogP contribution is 2.44. The van der Waals surface area contributed by atoms with Crippen LogP contribution >= 0.6 is 0 Å². The summed E-state index contributed by atoms with van der Waals surface area (Å²) in [6.07, 6.45) is 5.89. The van der Waals surface area contributed by atoms with Crippen molar-refractivity contribution in [1.82, 2.24) is 10.2 Å². The molecule has 1 N–H and O–H groups in total. The topological polar surface area (TPSA) is 60.0 Å². The van der Waals surface area contributed by atoms with Gasteiger partial charge in [-0.3, -0.25) is 9.69 Å². The standard InChI is InChI=1S/C27H34N2O4/c1-31-23-7-3-2-6-20(23)19-29-14-10-22(11-15-29)28-26(30)27(12-4-5-13-27)21-8-9-24-25(18-21)33-17-16-32-24/h2-3,6-9,18,22H,4-5,10-17,19H2,1H3,(H,28,30). The Balaban J connectivity index is 1.22. The van der Waals surface area contributed by atoms with E-state index in [1.54, 1.807) is 7.11 Å². The monoisotopic (exact) mass is 450 g/mol. The first-order valence-corrected chi connectivity index (χ1v) is 12.2. The molecule has 2 fully saturated rings. The van der Waals surface area contributed by atoms with Crippen molar-refractivity contribution in [1.29, 1.82) is 0 Å². The normalized spacial score (nSPS) is 20.4. The van der Waals surface area contributed by atoms with Gasteiger partial charge in [0.05, 0.1) is 12.5 Å². The van der Waals surface area contributed by atoms with Crippen LogP contribution < -0.4 is 19.5 Å². The second-order valence-corrected chi connectivity index (χ2v) is 9.48. The molecule has 0 bridgehead atoms. The maximum absolute atomic E-state index is 13.6. The lowest BCUT2D eigenvalue weighted by molar-refractivity contribution is -0.127. The summed E-state index contributed by atoms with van der Waals surface area (Å²) < 4.78 is 17.0. The first-order valence-electron chi connectivity index (χ1n) is 12.2. The van der Waals surface area contributed by atoms with Gasteiger partial charge in [0.25, 0.3) is 0 Å². The third-order valence-corrected chi connectivity index (χ3v) is 7.50. The highest BCUT2D eigenvalue weighted by atomic mass is 16.6. The van der Waals surface area contributed by atoms with Crippen LogP contribution in [0.5, 0.6) is 17.2 Å². The fourth-order valence-corrected chi connectivity index (χ4v) is 5.60. The van der Waals surface area contributed by atoms with Gasteiger partial charge in [0.1, 0.15) is 19.0 Å². The minimum Gasteiger partial charge on any atom is -0.496 e. The molecular weight excluding hydrogens is 416 g/mol. The first kappa shape index (κ1) is 22.1. The quantitative estimate of drug-likeness (QED) is 0.719. The van der Waals surface area contributed by atoms with Gasteiger partial charge in [0.2, 0.25) is 5.91 Å². The average Bonchev–Trinajstić information content (AvgIpc) is 3.37. The molecular formula is C27H34N2O4. The van der Waals surface area contributed by atoms with Crippen LogP contribution in [0.25, 0.3) is 0 Å². The molecule has 33 heavy (non-hydrogen) atoms. The maximum Gasteiger partial charge on any atom is 0.230 e.